The van der Waals surface area contributed by atoms with Crippen molar-refractivity contribution in [3.63, 3.8) is 0 Å². The van der Waals surface area contributed by atoms with Crippen molar-refractivity contribution in [3.8, 4) is 0 Å². The summed E-state index contributed by atoms with van der Waals surface area (Å²) in [4.78, 5) is 0. The quantitative estimate of drug-likeness (QED) is 0.448. The number of ether oxygens (including phenoxy) is 1. The maximum Gasteiger partial charge on any atom is 0.0892 e. The molecule has 2 saturated carbocycles. The molecule has 22 heavy (non-hydrogen) atoms. The van der Waals surface area contributed by atoms with E-state index in [0.717, 1.165) is 0 Å². The highest BCUT2D eigenvalue weighted by atomic mass is 16.5. The number of rotatable bonds is 1. The van der Waals surface area contributed by atoms with Crippen LogP contribution in [0.25, 0.3) is 0 Å². The minimum absolute atomic E-state index is 0.141. The van der Waals surface area contributed by atoms with Crippen LogP contribution in [0.3, 0.4) is 0 Å². The van der Waals surface area contributed by atoms with Crippen molar-refractivity contribution in [1.29, 1.82) is 0 Å². The van der Waals surface area contributed by atoms with E-state index in [1.54, 1.807) is 0 Å². The van der Waals surface area contributed by atoms with Gasteiger partial charge in [-0.2, -0.15) is 0 Å². The van der Waals surface area contributed by atoms with Crippen LogP contribution in [0.4, 0.5) is 0 Å². The fourth-order valence-corrected chi connectivity index (χ4v) is 4.66. The van der Waals surface area contributed by atoms with Gasteiger partial charge in [-0.3, -0.25) is 0 Å². The lowest BCUT2D eigenvalue weighted by atomic mass is 9.65. The molecule has 128 valence electrons. The van der Waals surface area contributed by atoms with Gasteiger partial charge in [0.05, 0.1) is 42.7 Å². The Hall–Kier alpha value is -0.240. The summed E-state index contributed by atoms with van der Waals surface area (Å²) in [6.07, 6.45) is -1.28. The molecule has 6 unspecified atom stereocenters. The Labute approximate surface area is 130 Å². The molecule has 0 aromatic rings. The highest BCUT2D eigenvalue weighted by Gasteiger charge is 2.52. The summed E-state index contributed by atoms with van der Waals surface area (Å²) < 4.78 is 6.11. The molecule has 3 aliphatic rings. The van der Waals surface area contributed by atoms with Crippen LogP contribution < -0.4 is 0 Å². The van der Waals surface area contributed by atoms with E-state index in [1.807, 2.05) is 6.92 Å². The van der Waals surface area contributed by atoms with Crippen LogP contribution in [-0.4, -0.2) is 68.3 Å². The first-order chi connectivity index (χ1) is 10.3. The number of fused-ring (bicyclic) bond motifs is 1. The second-order valence-corrected chi connectivity index (χ2v) is 7.79. The van der Waals surface area contributed by atoms with E-state index in [2.05, 4.69) is 0 Å². The molecule has 1 heterocycles. The average molecular weight is 316 g/mol. The van der Waals surface area contributed by atoms with E-state index in [4.69, 9.17) is 4.74 Å². The summed E-state index contributed by atoms with van der Waals surface area (Å²) in [5.41, 5.74) is -0.406. The van der Waals surface area contributed by atoms with Crippen molar-refractivity contribution in [1.82, 2.24) is 0 Å². The van der Waals surface area contributed by atoms with Gasteiger partial charge in [-0.05, 0) is 43.9 Å². The van der Waals surface area contributed by atoms with Crippen LogP contribution in [0, 0.1) is 11.3 Å². The summed E-state index contributed by atoms with van der Waals surface area (Å²) in [7, 11) is 0. The molecule has 2 aliphatic carbocycles. The Bertz CT molecular complexity index is 404. The highest BCUT2D eigenvalue weighted by Crippen LogP contribution is 2.47. The molecule has 6 heteroatoms. The van der Waals surface area contributed by atoms with Crippen LogP contribution in [0.2, 0.25) is 0 Å². The predicted molar refractivity (Wildman–Crippen MR) is 78.0 cm³/mol. The van der Waals surface area contributed by atoms with Crippen LogP contribution in [0.5, 0.6) is 0 Å². The van der Waals surface area contributed by atoms with Crippen LogP contribution >= 0.6 is 0 Å². The Morgan fingerprint density at radius 2 is 1.59 bits per heavy atom. The Balaban J connectivity index is 1.74. The zero-order chi connectivity index (χ0) is 16.1. The van der Waals surface area contributed by atoms with Gasteiger partial charge < -0.3 is 30.3 Å². The predicted octanol–water partition coefficient (Wildman–Crippen LogP) is -0.451. The smallest absolute Gasteiger partial charge is 0.0892 e. The van der Waals surface area contributed by atoms with Gasteiger partial charge in [0.1, 0.15) is 0 Å². The van der Waals surface area contributed by atoms with Gasteiger partial charge in [0.25, 0.3) is 0 Å². The summed E-state index contributed by atoms with van der Waals surface area (Å²) in [6.45, 7) is 1.98. The number of hydrogen-bond acceptors (Lipinski definition) is 6. The van der Waals surface area contributed by atoms with Gasteiger partial charge in [-0.25, -0.2) is 0 Å². The van der Waals surface area contributed by atoms with E-state index in [1.165, 1.54) is 0 Å². The number of aliphatic hydroxyl groups excluding tert-OH is 5. The number of hydrogen-bond donors (Lipinski definition) is 5. The monoisotopic (exact) mass is 316 g/mol. The maximum atomic E-state index is 10.5. The van der Waals surface area contributed by atoms with E-state index >= 15 is 0 Å². The highest BCUT2D eigenvalue weighted by molar-refractivity contribution is 5.01. The second-order valence-electron chi connectivity index (χ2n) is 7.79. The molecule has 5 N–H and O–H groups in total. The zero-order valence-corrected chi connectivity index (χ0v) is 13.0. The van der Waals surface area contributed by atoms with E-state index < -0.39 is 42.0 Å². The van der Waals surface area contributed by atoms with Crippen molar-refractivity contribution < 1.29 is 30.3 Å². The molecule has 1 saturated heterocycles. The normalized spacial score (nSPS) is 56.5. The average Bonchev–Trinajstić information content (AvgIpc) is 2.43. The van der Waals surface area contributed by atoms with Crippen molar-refractivity contribution >= 4 is 0 Å². The third-order valence-electron chi connectivity index (χ3n) is 5.99. The molecule has 3 fully saturated rings. The Morgan fingerprint density at radius 3 is 2.27 bits per heavy atom. The molecule has 3 rings (SSSR count). The minimum atomic E-state index is -0.796. The molecule has 0 aromatic heterocycles. The van der Waals surface area contributed by atoms with Crippen LogP contribution in [0.15, 0.2) is 0 Å². The lowest BCUT2D eigenvalue weighted by molar-refractivity contribution is -0.235. The zero-order valence-electron chi connectivity index (χ0n) is 13.0. The fourth-order valence-electron chi connectivity index (χ4n) is 4.66. The van der Waals surface area contributed by atoms with Gasteiger partial charge in [-0.15, -0.1) is 0 Å². The third-order valence-corrected chi connectivity index (χ3v) is 5.99. The molecular formula is C16H28O6. The van der Waals surface area contributed by atoms with E-state index in [9.17, 15) is 25.5 Å². The Kier molecular flexibility index (Phi) is 4.53. The minimum Gasteiger partial charge on any atom is -0.393 e. The summed E-state index contributed by atoms with van der Waals surface area (Å²) in [6, 6.07) is 0. The van der Waals surface area contributed by atoms with Gasteiger partial charge in [-0.1, -0.05) is 6.92 Å². The van der Waals surface area contributed by atoms with Gasteiger partial charge >= 0.3 is 0 Å². The molecule has 0 aromatic carbocycles. The van der Waals surface area contributed by atoms with Gasteiger partial charge in [0, 0.05) is 5.92 Å². The third kappa shape index (κ3) is 2.92. The lowest BCUT2D eigenvalue weighted by Gasteiger charge is -2.52. The van der Waals surface area contributed by atoms with E-state index in [-0.39, 0.29) is 12.0 Å². The standard InChI is InChI=1S/C16H28O6/c1-16(3-2-10(18)13(21)7-16)15-12(20)6-9-11(19)4-8(17)5-14(9)22-15/h8-15,17-21H,2-7H2,1H3/t8?,9?,10?,11?,12-,13?,14?,15+,16-/m1/s1. The molecule has 9 atom stereocenters. The molecule has 1 aliphatic heterocycles. The van der Waals surface area contributed by atoms with Crippen molar-refractivity contribution in [2.24, 2.45) is 11.3 Å². The maximum absolute atomic E-state index is 10.5. The summed E-state index contributed by atoms with van der Waals surface area (Å²) >= 11 is 0. The van der Waals surface area contributed by atoms with Gasteiger partial charge in [0.15, 0.2) is 0 Å². The topological polar surface area (TPSA) is 110 Å². The van der Waals surface area contributed by atoms with E-state index in [0.29, 0.717) is 38.5 Å². The Morgan fingerprint density at radius 1 is 0.864 bits per heavy atom. The summed E-state index contributed by atoms with van der Waals surface area (Å²) in [5, 5.41) is 50.2. The van der Waals surface area contributed by atoms with Crippen molar-refractivity contribution in [3.05, 3.63) is 0 Å². The van der Waals surface area contributed by atoms with Crippen molar-refractivity contribution in [2.45, 2.75) is 88.2 Å². The summed E-state index contributed by atoms with van der Waals surface area (Å²) in [5.74, 6) is -0.141. The number of aliphatic hydroxyl groups is 5. The van der Waals surface area contributed by atoms with Crippen molar-refractivity contribution in [2.75, 3.05) is 0 Å². The second kappa shape index (κ2) is 6.00. The first-order valence-electron chi connectivity index (χ1n) is 8.36. The SMILES string of the molecule is C[C@@]1([C@H]2OC3CC(O)CC(O)C3C[C@H]2O)CCC(O)C(O)C1. The molecule has 0 spiro atoms. The first kappa shape index (κ1) is 16.6. The molecular weight excluding hydrogens is 288 g/mol. The lowest BCUT2D eigenvalue weighted by Crippen LogP contribution is -2.58. The largest absolute Gasteiger partial charge is 0.393 e. The molecule has 0 radical (unpaired) electrons. The molecule has 0 amide bonds. The fraction of sp³-hybridized carbons (Fsp3) is 1.00. The van der Waals surface area contributed by atoms with Crippen LogP contribution in [-0.2, 0) is 4.74 Å². The molecule has 6 nitrogen and oxygen atoms in total. The van der Waals surface area contributed by atoms with Gasteiger partial charge in [0.2, 0.25) is 0 Å². The first-order valence-corrected chi connectivity index (χ1v) is 8.36. The van der Waals surface area contributed by atoms with Crippen LogP contribution in [0.1, 0.15) is 45.4 Å². The molecule has 0 bridgehead atoms.